The molecule has 94 valence electrons. The van der Waals surface area contributed by atoms with Crippen molar-refractivity contribution in [1.29, 1.82) is 0 Å². The molecule has 18 heavy (non-hydrogen) atoms. The lowest BCUT2D eigenvalue weighted by atomic mass is 10.1. The van der Waals surface area contributed by atoms with E-state index in [2.05, 4.69) is 24.3 Å². The summed E-state index contributed by atoms with van der Waals surface area (Å²) in [5.74, 6) is 0.910. The van der Waals surface area contributed by atoms with E-state index in [0.717, 1.165) is 30.8 Å². The van der Waals surface area contributed by atoms with Crippen LogP contribution in [-0.2, 0) is 13.0 Å². The number of para-hydroxylation sites is 1. The molecule has 0 unspecified atom stereocenters. The molecule has 0 fully saturated rings. The second kappa shape index (κ2) is 6.82. The van der Waals surface area contributed by atoms with E-state index in [1.807, 2.05) is 30.3 Å². The number of benzene rings is 2. The molecule has 0 heterocycles. The SMILES string of the molecule is NCc1ccccc1OCCCc1ccccc1. The summed E-state index contributed by atoms with van der Waals surface area (Å²) >= 11 is 0. The van der Waals surface area contributed by atoms with Crippen LogP contribution in [0.2, 0.25) is 0 Å². The predicted octanol–water partition coefficient (Wildman–Crippen LogP) is 3.16. The Morgan fingerprint density at radius 3 is 2.39 bits per heavy atom. The highest BCUT2D eigenvalue weighted by Gasteiger charge is 2.00. The molecule has 0 spiro atoms. The smallest absolute Gasteiger partial charge is 0.123 e. The first-order chi connectivity index (χ1) is 8.90. The van der Waals surface area contributed by atoms with Crippen LogP contribution in [0, 0.1) is 0 Å². The Morgan fingerprint density at radius 1 is 0.889 bits per heavy atom. The molecule has 0 aromatic heterocycles. The van der Waals surface area contributed by atoms with Crippen LogP contribution < -0.4 is 10.5 Å². The van der Waals surface area contributed by atoms with Crippen LogP contribution in [0.1, 0.15) is 17.5 Å². The summed E-state index contributed by atoms with van der Waals surface area (Å²) in [6.07, 6.45) is 2.06. The molecule has 0 saturated heterocycles. The third-order valence-corrected chi connectivity index (χ3v) is 2.90. The summed E-state index contributed by atoms with van der Waals surface area (Å²) in [5, 5.41) is 0. The summed E-state index contributed by atoms with van der Waals surface area (Å²) in [6.45, 7) is 1.25. The van der Waals surface area contributed by atoms with Crippen LogP contribution in [-0.4, -0.2) is 6.61 Å². The summed E-state index contributed by atoms with van der Waals surface area (Å²) in [6, 6.07) is 18.4. The largest absolute Gasteiger partial charge is 0.493 e. The molecule has 0 amide bonds. The number of hydrogen-bond acceptors (Lipinski definition) is 2. The van der Waals surface area contributed by atoms with Crippen LogP contribution in [0.5, 0.6) is 5.75 Å². The van der Waals surface area contributed by atoms with Gasteiger partial charge in [-0.1, -0.05) is 48.5 Å². The molecule has 2 N–H and O–H groups in total. The fraction of sp³-hybridized carbons (Fsp3) is 0.250. The average molecular weight is 241 g/mol. The Kier molecular flexibility index (Phi) is 4.79. The highest BCUT2D eigenvalue weighted by atomic mass is 16.5. The Hall–Kier alpha value is -1.80. The van der Waals surface area contributed by atoms with Gasteiger partial charge in [-0.15, -0.1) is 0 Å². The minimum Gasteiger partial charge on any atom is -0.493 e. The maximum absolute atomic E-state index is 5.77. The molecule has 0 atom stereocenters. The summed E-state index contributed by atoms with van der Waals surface area (Å²) in [4.78, 5) is 0. The average Bonchev–Trinajstić information content (AvgIpc) is 2.45. The summed E-state index contributed by atoms with van der Waals surface area (Å²) < 4.78 is 5.77. The van der Waals surface area contributed by atoms with Gasteiger partial charge in [0.2, 0.25) is 0 Å². The molecule has 0 aliphatic rings. The number of nitrogens with two attached hydrogens (primary N) is 1. The van der Waals surface area contributed by atoms with Gasteiger partial charge in [-0.05, 0) is 24.5 Å². The molecule has 0 aliphatic carbocycles. The van der Waals surface area contributed by atoms with Gasteiger partial charge < -0.3 is 10.5 Å². The fourth-order valence-corrected chi connectivity index (χ4v) is 1.92. The molecule has 0 bridgehead atoms. The van der Waals surface area contributed by atoms with Crippen molar-refractivity contribution in [2.45, 2.75) is 19.4 Å². The lowest BCUT2D eigenvalue weighted by molar-refractivity contribution is 0.308. The first-order valence-electron chi connectivity index (χ1n) is 6.35. The number of ether oxygens (including phenoxy) is 1. The zero-order valence-electron chi connectivity index (χ0n) is 10.5. The Bertz CT molecular complexity index is 468. The molecular formula is C16H19NO. The fourth-order valence-electron chi connectivity index (χ4n) is 1.92. The van der Waals surface area contributed by atoms with Crippen LogP contribution in [0.25, 0.3) is 0 Å². The van der Waals surface area contributed by atoms with E-state index >= 15 is 0 Å². The third kappa shape index (κ3) is 3.60. The van der Waals surface area contributed by atoms with Crippen molar-refractivity contribution in [3.05, 3.63) is 65.7 Å². The van der Waals surface area contributed by atoms with E-state index in [9.17, 15) is 0 Å². The van der Waals surface area contributed by atoms with Crippen molar-refractivity contribution in [1.82, 2.24) is 0 Å². The van der Waals surface area contributed by atoms with E-state index < -0.39 is 0 Å². The van der Waals surface area contributed by atoms with Gasteiger partial charge in [0.25, 0.3) is 0 Å². The van der Waals surface area contributed by atoms with E-state index in [1.54, 1.807) is 0 Å². The number of rotatable bonds is 6. The molecule has 0 radical (unpaired) electrons. The topological polar surface area (TPSA) is 35.2 Å². The van der Waals surface area contributed by atoms with Crippen LogP contribution in [0.15, 0.2) is 54.6 Å². The van der Waals surface area contributed by atoms with Gasteiger partial charge in [0.05, 0.1) is 6.61 Å². The van der Waals surface area contributed by atoms with Crippen molar-refractivity contribution < 1.29 is 4.74 Å². The van der Waals surface area contributed by atoms with E-state index in [1.165, 1.54) is 5.56 Å². The second-order valence-electron chi connectivity index (χ2n) is 4.25. The van der Waals surface area contributed by atoms with Gasteiger partial charge in [0.15, 0.2) is 0 Å². The second-order valence-corrected chi connectivity index (χ2v) is 4.25. The third-order valence-electron chi connectivity index (χ3n) is 2.90. The maximum atomic E-state index is 5.77. The minimum absolute atomic E-state index is 0.523. The van der Waals surface area contributed by atoms with Gasteiger partial charge in [-0.2, -0.15) is 0 Å². The molecule has 0 saturated carbocycles. The molecule has 2 nitrogen and oxygen atoms in total. The van der Waals surface area contributed by atoms with E-state index in [4.69, 9.17) is 10.5 Å². The predicted molar refractivity (Wildman–Crippen MR) is 74.6 cm³/mol. The zero-order chi connectivity index (χ0) is 12.6. The summed E-state index contributed by atoms with van der Waals surface area (Å²) in [7, 11) is 0. The Labute approximate surface area is 108 Å². The minimum atomic E-state index is 0.523. The van der Waals surface area contributed by atoms with Gasteiger partial charge in [-0.3, -0.25) is 0 Å². The van der Waals surface area contributed by atoms with Crippen LogP contribution >= 0.6 is 0 Å². The van der Waals surface area contributed by atoms with Gasteiger partial charge in [0, 0.05) is 12.1 Å². The summed E-state index contributed by atoms with van der Waals surface area (Å²) in [5.41, 5.74) is 8.09. The van der Waals surface area contributed by atoms with Crippen molar-refractivity contribution in [3.63, 3.8) is 0 Å². The monoisotopic (exact) mass is 241 g/mol. The van der Waals surface area contributed by atoms with Gasteiger partial charge in [0.1, 0.15) is 5.75 Å². The van der Waals surface area contributed by atoms with Crippen molar-refractivity contribution in [2.24, 2.45) is 5.73 Å². The van der Waals surface area contributed by atoms with Crippen molar-refractivity contribution in [2.75, 3.05) is 6.61 Å². The lowest BCUT2D eigenvalue weighted by Crippen LogP contribution is -2.04. The van der Waals surface area contributed by atoms with E-state index in [0.29, 0.717) is 6.54 Å². The quantitative estimate of drug-likeness (QED) is 0.788. The molecule has 2 heteroatoms. The molecule has 2 rings (SSSR count). The van der Waals surface area contributed by atoms with Crippen LogP contribution in [0.4, 0.5) is 0 Å². The number of aryl methyl sites for hydroxylation is 1. The molecule has 0 aliphatic heterocycles. The normalized spacial score (nSPS) is 10.3. The maximum Gasteiger partial charge on any atom is 0.123 e. The molecular weight excluding hydrogens is 222 g/mol. The molecule has 2 aromatic carbocycles. The first kappa shape index (κ1) is 12.7. The Balaban J connectivity index is 1.78. The van der Waals surface area contributed by atoms with Gasteiger partial charge in [-0.25, -0.2) is 0 Å². The van der Waals surface area contributed by atoms with Crippen molar-refractivity contribution >= 4 is 0 Å². The lowest BCUT2D eigenvalue weighted by Gasteiger charge is -2.10. The highest BCUT2D eigenvalue weighted by Crippen LogP contribution is 2.17. The molecule has 2 aromatic rings. The first-order valence-corrected chi connectivity index (χ1v) is 6.35. The van der Waals surface area contributed by atoms with E-state index in [-0.39, 0.29) is 0 Å². The highest BCUT2D eigenvalue weighted by molar-refractivity contribution is 5.32. The van der Waals surface area contributed by atoms with Gasteiger partial charge >= 0.3 is 0 Å². The number of hydrogen-bond donors (Lipinski definition) is 1. The zero-order valence-corrected chi connectivity index (χ0v) is 10.5. The standard InChI is InChI=1S/C16H19NO/c17-13-15-10-4-5-11-16(15)18-12-6-9-14-7-2-1-3-8-14/h1-5,7-8,10-11H,6,9,12-13,17H2. The van der Waals surface area contributed by atoms with Crippen molar-refractivity contribution in [3.8, 4) is 5.75 Å². The Morgan fingerprint density at radius 2 is 1.61 bits per heavy atom. The van der Waals surface area contributed by atoms with Crippen LogP contribution in [0.3, 0.4) is 0 Å².